The molecule has 0 aliphatic heterocycles. The highest BCUT2D eigenvalue weighted by atomic mass is 15.1. The maximum Gasteiger partial charge on any atom is 0.0797 e. The largest absolute Gasteiger partial charge is 0.310 e. The first-order chi connectivity index (χ1) is 39.2. The molecule has 2 atom stereocenters. The Balaban J connectivity index is 0.884. The number of anilines is 6. The Labute approximate surface area is 462 Å². The van der Waals surface area contributed by atoms with E-state index in [1.54, 1.807) is 0 Å². The molecule has 1 aromatic heterocycles. The van der Waals surface area contributed by atoms with Crippen molar-refractivity contribution in [1.29, 1.82) is 0 Å². The van der Waals surface area contributed by atoms with E-state index in [4.69, 9.17) is 4.98 Å². The summed E-state index contributed by atoms with van der Waals surface area (Å²) in [6.07, 6.45) is 3.59. The van der Waals surface area contributed by atoms with Gasteiger partial charge in [0.05, 0.1) is 22.6 Å². The van der Waals surface area contributed by atoms with Crippen molar-refractivity contribution in [2.24, 2.45) is 0 Å². The van der Waals surface area contributed by atoms with Crippen molar-refractivity contribution in [2.75, 3.05) is 9.80 Å². The maximum absolute atomic E-state index is 5.90. The van der Waals surface area contributed by atoms with Gasteiger partial charge >= 0.3 is 0 Å². The van der Waals surface area contributed by atoms with E-state index in [-0.39, 0.29) is 0 Å². The number of aromatic nitrogens is 1. The van der Waals surface area contributed by atoms with E-state index in [0.717, 1.165) is 50.9 Å². The van der Waals surface area contributed by atoms with Crippen LogP contribution in [0.3, 0.4) is 0 Å². The lowest BCUT2D eigenvalue weighted by Crippen LogP contribution is -2.11. The Morgan fingerprint density at radius 2 is 0.684 bits per heavy atom. The number of hydrogen-bond donors (Lipinski definition) is 0. The molecule has 2 bridgehead atoms. The van der Waals surface area contributed by atoms with Crippen LogP contribution >= 0.6 is 0 Å². The lowest BCUT2D eigenvalue weighted by Gasteiger charge is -2.29. The summed E-state index contributed by atoms with van der Waals surface area (Å²) in [5, 5.41) is 6.26. The summed E-state index contributed by atoms with van der Waals surface area (Å²) < 4.78 is 0. The predicted octanol–water partition coefficient (Wildman–Crippen LogP) is 21.2. The molecule has 0 N–H and O–H groups in total. The molecular weight excluding hydrogens is 955 g/mol. The third-order valence-electron chi connectivity index (χ3n) is 16.9. The molecule has 0 saturated heterocycles. The summed E-state index contributed by atoms with van der Waals surface area (Å²) in [5.41, 5.74) is 22.6. The smallest absolute Gasteiger partial charge is 0.0797 e. The van der Waals surface area contributed by atoms with Crippen LogP contribution in [0.2, 0.25) is 0 Å². The van der Waals surface area contributed by atoms with E-state index in [2.05, 4.69) is 295 Å². The molecule has 79 heavy (non-hydrogen) atoms. The van der Waals surface area contributed by atoms with Crippen LogP contribution in [-0.2, 0) is 0 Å². The van der Waals surface area contributed by atoms with E-state index in [9.17, 15) is 0 Å². The van der Waals surface area contributed by atoms with Crippen LogP contribution in [-0.4, -0.2) is 4.98 Å². The lowest BCUT2D eigenvalue weighted by atomic mass is 9.83. The molecule has 1 fully saturated rings. The fourth-order valence-electron chi connectivity index (χ4n) is 13.2. The van der Waals surface area contributed by atoms with Crippen LogP contribution < -0.4 is 9.80 Å². The Hall–Kier alpha value is -9.83. The van der Waals surface area contributed by atoms with E-state index >= 15 is 0 Å². The van der Waals surface area contributed by atoms with Gasteiger partial charge in [0, 0.05) is 50.2 Å². The SMILES string of the molecule is c1ccc(-c2ccc(N(c3ccc(-c4nc5c6ccccc6c6cc(N(c7ccc(-c8ccccc8)cc7)c7ccccc7-c7ccccc7)ccc6c5c5c4C4CCC5C4)cc3)c3ccccc3-c3ccccc3)cc2)cc1. The Morgan fingerprint density at radius 1 is 0.291 bits per heavy atom. The van der Waals surface area contributed by atoms with Crippen molar-refractivity contribution in [2.45, 2.75) is 31.1 Å². The van der Waals surface area contributed by atoms with Gasteiger partial charge in [-0.15, -0.1) is 0 Å². The highest BCUT2D eigenvalue weighted by Gasteiger charge is 2.41. The zero-order chi connectivity index (χ0) is 52.2. The van der Waals surface area contributed by atoms with Crippen LogP contribution in [0.15, 0.2) is 285 Å². The van der Waals surface area contributed by atoms with E-state index in [0.29, 0.717) is 11.8 Å². The summed E-state index contributed by atoms with van der Waals surface area (Å²) in [6, 6.07) is 104. The van der Waals surface area contributed by atoms with Gasteiger partial charge in [-0.3, -0.25) is 0 Å². The second-order valence-corrected chi connectivity index (χ2v) is 21.3. The molecule has 2 aliphatic carbocycles. The highest BCUT2D eigenvalue weighted by Crippen LogP contribution is 2.59. The lowest BCUT2D eigenvalue weighted by molar-refractivity contribution is 0.721. The van der Waals surface area contributed by atoms with E-state index < -0.39 is 0 Å². The van der Waals surface area contributed by atoms with Crippen molar-refractivity contribution in [3.05, 3.63) is 296 Å². The van der Waals surface area contributed by atoms with Gasteiger partial charge in [0.1, 0.15) is 0 Å². The van der Waals surface area contributed by atoms with Gasteiger partial charge in [-0.1, -0.05) is 224 Å². The molecule has 0 amide bonds. The fraction of sp³-hybridized carbons (Fsp3) is 0.0658. The third-order valence-corrected chi connectivity index (χ3v) is 16.9. The molecule has 374 valence electrons. The molecule has 2 unspecified atom stereocenters. The maximum atomic E-state index is 5.90. The Morgan fingerprint density at radius 3 is 1.20 bits per heavy atom. The average Bonchev–Trinajstić information content (AvgIpc) is 4.28. The van der Waals surface area contributed by atoms with Gasteiger partial charge in [0.2, 0.25) is 0 Å². The number of fused-ring (bicyclic) bond motifs is 12. The first-order valence-corrected chi connectivity index (χ1v) is 27.8. The zero-order valence-corrected chi connectivity index (χ0v) is 43.8. The number of hydrogen-bond acceptors (Lipinski definition) is 3. The molecule has 3 heteroatoms. The fourth-order valence-corrected chi connectivity index (χ4v) is 13.2. The predicted molar refractivity (Wildman–Crippen MR) is 333 cm³/mol. The minimum absolute atomic E-state index is 0.480. The van der Waals surface area contributed by atoms with Crippen molar-refractivity contribution in [1.82, 2.24) is 4.98 Å². The molecule has 12 aromatic carbocycles. The molecule has 1 saturated carbocycles. The molecule has 2 aliphatic rings. The summed E-state index contributed by atoms with van der Waals surface area (Å²) in [7, 11) is 0. The monoisotopic (exact) mass is 1010 g/mol. The zero-order valence-electron chi connectivity index (χ0n) is 43.8. The number of benzene rings is 12. The molecular formula is C76H55N3. The quantitative estimate of drug-likeness (QED) is 0.120. The average molecular weight is 1010 g/mol. The number of nitrogens with zero attached hydrogens (tertiary/aromatic N) is 3. The summed E-state index contributed by atoms with van der Waals surface area (Å²) in [4.78, 5) is 10.8. The minimum Gasteiger partial charge on any atom is -0.310 e. The molecule has 1 heterocycles. The van der Waals surface area contributed by atoms with Crippen molar-refractivity contribution >= 4 is 66.6 Å². The number of para-hydroxylation sites is 2. The van der Waals surface area contributed by atoms with Crippen LogP contribution in [0.1, 0.15) is 42.2 Å². The molecule has 0 radical (unpaired) electrons. The number of pyridine rings is 1. The normalized spacial score (nSPS) is 14.4. The van der Waals surface area contributed by atoms with Gasteiger partial charge in [0.25, 0.3) is 0 Å². The number of rotatable bonds is 11. The van der Waals surface area contributed by atoms with Crippen molar-refractivity contribution in [3.8, 4) is 55.8 Å². The van der Waals surface area contributed by atoms with Crippen molar-refractivity contribution in [3.63, 3.8) is 0 Å². The second-order valence-electron chi connectivity index (χ2n) is 21.3. The van der Waals surface area contributed by atoms with Gasteiger partial charge < -0.3 is 9.80 Å². The third kappa shape index (κ3) is 8.17. The Kier molecular flexibility index (Phi) is 11.5. The summed E-state index contributed by atoms with van der Waals surface area (Å²) in [5.74, 6) is 0.974. The van der Waals surface area contributed by atoms with Crippen LogP contribution in [0.4, 0.5) is 34.1 Å². The summed E-state index contributed by atoms with van der Waals surface area (Å²) in [6.45, 7) is 0. The van der Waals surface area contributed by atoms with Crippen LogP contribution in [0.25, 0.3) is 88.2 Å². The van der Waals surface area contributed by atoms with E-state index in [1.165, 1.54) is 102 Å². The topological polar surface area (TPSA) is 19.4 Å². The van der Waals surface area contributed by atoms with Gasteiger partial charge in [-0.2, -0.15) is 0 Å². The van der Waals surface area contributed by atoms with Crippen LogP contribution in [0.5, 0.6) is 0 Å². The molecule has 0 spiro atoms. The second kappa shape index (κ2) is 19.6. The van der Waals surface area contributed by atoms with Crippen molar-refractivity contribution < 1.29 is 0 Å². The van der Waals surface area contributed by atoms with Gasteiger partial charge in [-0.05, 0) is 152 Å². The summed E-state index contributed by atoms with van der Waals surface area (Å²) >= 11 is 0. The molecule has 13 aromatic rings. The standard InChI is InChI=1S/C76H55N3/c1-5-19-51(20-6-1)53-35-41-60(42-36-53)78(70-31-17-15-27-64(70)55-23-9-3-10-24-55)61-45-39-57(40-46-61)75-73-59-34-33-58(49-59)72(73)74-67-48-47-63(50-69(67)66-29-13-14-30-68(66)76(74)77-75)79(62-43-37-54(38-44-62)52-21-7-2-8-22-52)71-32-18-16-28-65(71)56-25-11-4-12-26-56/h1-32,35-48,50,58-59H,33-34,49H2. The van der Waals surface area contributed by atoms with E-state index in [1.807, 2.05) is 0 Å². The van der Waals surface area contributed by atoms with Gasteiger partial charge in [0.15, 0.2) is 0 Å². The first kappa shape index (κ1) is 46.5. The minimum atomic E-state index is 0.480. The molecule has 15 rings (SSSR count). The Bertz CT molecular complexity index is 4370. The van der Waals surface area contributed by atoms with Gasteiger partial charge in [-0.25, -0.2) is 4.98 Å². The molecule has 3 nitrogen and oxygen atoms in total. The van der Waals surface area contributed by atoms with Crippen LogP contribution in [0, 0.1) is 0 Å². The first-order valence-electron chi connectivity index (χ1n) is 27.8. The highest BCUT2D eigenvalue weighted by molar-refractivity contribution is 6.26.